The number of benzene rings is 4. The van der Waals surface area contributed by atoms with Gasteiger partial charge in [0, 0.05) is 40.0 Å². The molecule has 0 saturated carbocycles. The van der Waals surface area contributed by atoms with E-state index in [0.29, 0.717) is 0 Å². The molecular weight excluding hydrogens is 789 g/mol. The molecule has 6 amide bonds. The number of hydrogen-bond donors (Lipinski definition) is 4. The third kappa shape index (κ3) is 15.7. The molecule has 0 aliphatic heterocycles. The van der Waals surface area contributed by atoms with Gasteiger partial charge in [-0.1, -0.05) is 149 Å². The number of nitrogens with zero attached hydrogens (tertiary/aromatic N) is 2. The molecule has 0 aliphatic carbocycles. The molecule has 0 saturated heterocycles. The van der Waals surface area contributed by atoms with E-state index in [4.69, 9.17) is 9.47 Å². The molecule has 330 valence electrons. The standard InChI is InChI=1S/C48H60N6O8/c1-33(2)41(51-47(59)61-31-37-23-15-9-16-24-37)43(55)49-39(29-35-19-11-7-12-20-35)45(57)53(5)27-28-54(6)46(58)40(30-36-21-13-8-14-22-36)50-44(56)42(34(3)4)52-48(60)62-32-38-25-17-10-18-26-38/h7-26,33-34,39-42H,27-32H2,1-6H3,(H,49,55)(H,50,56)(H,51,59)(H,52,60)/t39-,40-,41-,42+/m0/s1. The average molecular weight is 849 g/mol. The quantitative estimate of drug-likeness (QED) is 0.0879. The van der Waals surface area contributed by atoms with Gasteiger partial charge in [0.15, 0.2) is 0 Å². The minimum atomic E-state index is -1.01. The van der Waals surface area contributed by atoms with Gasteiger partial charge in [0.1, 0.15) is 37.4 Å². The lowest BCUT2D eigenvalue weighted by Crippen LogP contribution is -2.57. The molecule has 4 rings (SSSR count). The molecule has 14 heteroatoms. The van der Waals surface area contributed by atoms with Gasteiger partial charge in [-0.3, -0.25) is 19.2 Å². The topological polar surface area (TPSA) is 175 Å². The lowest BCUT2D eigenvalue weighted by atomic mass is 10.0. The third-order valence-electron chi connectivity index (χ3n) is 10.2. The van der Waals surface area contributed by atoms with Crippen LogP contribution < -0.4 is 21.3 Å². The number of carbonyl (C=O) groups excluding carboxylic acids is 6. The Labute approximate surface area is 364 Å². The zero-order chi connectivity index (χ0) is 45.0. The van der Waals surface area contributed by atoms with E-state index in [1.54, 1.807) is 41.8 Å². The zero-order valence-corrected chi connectivity index (χ0v) is 36.4. The number of nitrogens with one attached hydrogen (secondary N) is 4. The van der Waals surface area contributed by atoms with Crippen molar-refractivity contribution in [3.8, 4) is 0 Å². The molecule has 4 aromatic rings. The highest BCUT2D eigenvalue weighted by Gasteiger charge is 2.33. The largest absolute Gasteiger partial charge is 0.445 e. The lowest BCUT2D eigenvalue weighted by Gasteiger charge is -2.30. The number of rotatable bonds is 21. The highest BCUT2D eigenvalue weighted by molar-refractivity contribution is 5.93. The van der Waals surface area contributed by atoms with Crippen molar-refractivity contribution in [1.82, 2.24) is 31.1 Å². The molecule has 0 radical (unpaired) electrons. The first-order valence-electron chi connectivity index (χ1n) is 20.8. The van der Waals surface area contributed by atoms with E-state index in [1.165, 1.54) is 9.80 Å². The Balaban J connectivity index is 1.42. The van der Waals surface area contributed by atoms with E-state index < -0.39 is 60.0 Å². The second kappa shape index (κ2) is 24.5. The number of carbonyl (C=O) groups is 6. The summed E-state index contributed by atoms with van der Waals surface area (Å²) in [7, 11) is 3.17. The number of ether oxygens (including phenoxy) is 2. The van der Waals surface area contributed by atoms with Crippen molar-refractivity contribution in [2.24, 2.45) is 11.8 Å². The number of alkyl carbamates (subject to hydrolysis) is 2. The fraction of sp³-hybridized carbons (Fsp3) is 0.375. The van der Waals surface area contributed by atoms with Gasteiger partial charge >= 0.3 is 12.2 Å². The summed E-state index contributed by atoms with van der Waals surface area (Å²) in [6.07, 6.45) is -1.19. The molecule has 4 atom stereocenters. The summed E-state index contributed by atoms with van der Waals surface area (Å²) < 4.78 is 10.7. The molecule has 0 bridgehead atoms. The molecule has 14 nitrogen and oxygen atoms in total. The predicted molar refractivity (Wildman–Crippen MR) is 236 cm³/mol. The van der Waals surface area contributed by atoms with Gasteiger partial charge in [-0.2, -0.15) is 0 Å². The van der Waals surface area contributed by atoms with Crippen LogP contribution in [0.15, 0.2) is 121 Å². The molecule has 4 aromatic carbocycles. The van der Waals surface area contributed by atoms with Crippen molar-refractivity contribution in [1.29, 1.82) is 0 Å². The van der Waals surface area contributed by atoms with Gasteiger partial charge < -0.3 is 40.5 Å². The minimum absolute atomic E-state index is 0.0248. The zero-order valence-electron chi connectivity index (χ0n) is 36.4. The molecule has 0 fully saturated rings. The SMILES string of the molecule is CC(C)[C@H](NC(=O)OCc1ccccc1)C(=O)N[C@@H](Cc1ccccc1)C(=O)N(C)CCN(C)C(=O)[C@H](Cc1ccccc1)NC(=O)[C@H](NC(=O)OCc1ccccc1)C(C)C. The molecule has 0 heterocycles. The van der Waals surface area contributed by atoms with Crippen LogP contribution in [-0.4, -0.2) is 97.0 Å². The van der Waals surface area contributed by atoms with Crippen molar-refractivity contribution in [3.05, 3.63) is 144 Å². The fourth-order valence-electron chi connectivity index (χ4n) is 6.53. The lowest BCUT2D eigenvalue weighted by molar-refractivity contribution is -0.138. The van der Waals surface area contributed by atoms with E-state index >= 15 is 0 Å². The highest BCUT2D eigenvalue weighted by atomic mass is 16.6. The normalized spacial score (nSPS) is 12.8. The first kappa shape index (κ1) is 48.0. The second-order valence-electron chi connectivity index (χ2n) is 15.9. The first-order chi connectivity index (χ1) is 29.7. The summed E-state index contributed by atoms with van der Waals surface area (Å²) in [6.45, 7) is 7.36. The highest BCUT2D eigenvalue weighted by Crippen LogP contribution is 2.12. The van der Waals surface area contributed by atoms with Crippen molar-refractivity contribution in [2.45, 2.75) is 77.9 Å². The van der Waals surface area contributed by atoms with Crippen LogP contribution in [0, 0.1) is 11.8 Å². The maximum absolute atomic E-state index is 14.1. The number of likely N-dealkylation sites (N-methyl/N-ethyl adjacent to an activating group) is 2. The number of amides is 6. The van der Waals surface area contributed by atoms with Crippen LogP contribution in [0.4, 0.5) is 9.59 Å². The summed E-state index contributed by atoms with van der Waals surface area (Å²) in [5.74, 6) is -2.59. The average Bonchev–Trinajstić information content (AvgIpc) is 3.27. The fourth-order valence-corrected chi connectivity index (χ4v) is 6.53. The van der Waals surface area contributed by atoms with Gasteiger partial charge in [0.25, 0.3) is 0 Å². The summed E-state index contributed by atoms with van der Waals surface area (Å²) in [6, 6.07) is 32.8. The second-order valence-corrected chi connectivity index (χ2v) is 15.9. The Bertz CT molecular complexity index is 1890. The van der Waals surface area contributed by atoms with Crippen LogP contribution in [0.5, 0.6) is 0 Å². The Morgan fingerprint density at radius 2 is 0.742 bits per heavy atom. The van der Waals surface area contributed by atoms with Crippen LogP contribution in [0.2, 0.25) is 0 Å². The first-order valence-corrected chi connectivity index (χ1v) is 20.8. The van der Waals surface area contributed by atoms with Gasteiger partial charge in [0.2, 0.25) is 23.6 Å². The van der Waals surface area contributed by atoms with Crippen molar-refractivity contribution >= 4 is 35.8 Å². The minimum Gasteiger partial charge on any atom is -0.445 e. The summed E-state index contributed by atoms with van der Waals surface area (Å²) in [5.41, 5.74) is 3.20. The molecule has 0 aromatic heterocycles. The Hall–Kier alpha value is -6.70. The van der Waals surface area contributed by atoms with Crippen molar-refractivity contribution < 1.29 is 38.2 Å². The Morgan fingerprint density at radius 1 is 0.452 bits per heavy atom. The van der Waals surface area contributed by atoms with E-state index in [9.17, 15) is 28.8 Å². The molecular formula is C48H60N6O8. The number of hydrogen-bond acceptors (Lipinski definition) is 8. The van der Waals surface area contributed by atoms with E-state index in [1.807, 2.05) is 121 Å². The van der Waals surface area contributed by atoms with Crippen LogP contribution in [0.3, 0.4) is 0 Å². The van der Waals surface area contributed by atoms with E-state index in [-0.39, 0.29) is 51.0 Å². The van der Waals surface area contributed by atoms with Gasteiger partial charge in [-0.15, -0.1) is 0 Å². The molecule has 62 heavy (non-hydrogen) atoms. The monoisotopic (exact) mass is 848 g/mol. The Morgan fingerprint density at radius 3 is 1.03 bits per heavy atom. The van der Waals surface area contributed by atoms with Crippen molar-refractivity contribution in [2.75, 3.05) is 27.2 Å². The summed E-state index contributed by atoms with van der Waals surface area (Å²) in [4.78, 5) is 84.2. The third-order valence-corrected chi connectivity index (χ3v) is 10.2. The van der Waals surface area contributed by atoms with Crippen LogP contribution in [0.25, 0.3) is 0 Å². The summed E-state index contributed by atoms with van der Waals surface area (Å²) in [5, 5.41) is 11.0. The Kier molecular flexibility index (Phi) is 19.0. The molecule has 0 aliphatic rings. The molecule has 0 unspecified atom stereocenters. The predicted octanol–water partition coefficient (Wildman–Crippen LogP) is 5.26. The van der Waals surface area contributed by atoms with E-state index in [2.05, 4.69) is 21.3 Å². The van der Waals surface area contributed by atoms with Crippen LogP contribution in [-0.2, 0) is 54.7 Å². The van der Waals surface area contributed by atoms with Crippen LogP contribution >= 0.6 is 0 Å². The van der Waals surface area contributed by atoms with Crippen molar-refractivity contribution in [3.63, 3.8) is 0 Å². The van der Waals surface area contributed by atoms with Gasteiger partial charge in [0.05, 0.1) is 0 Å². The maximum Gasteiger partial charge on any atom is 0.408 e. The van der Waals surface area contributed by atoms with Gasteiger partial charge in [-0.05, 0) is 34.1 Å². The van der Waals surface area contributed by atoms with Crippen LogP contribution in [0.1, 0.15) is 49.9 Å². The van der Waals surface area contributed by atoms with Gasteiger partial charge in [-0.25, -0.2) is 9.59 Å². The smallest absolute Gasteiger partial charge is 0.408 e. The maximum atomic E-state index is 14.1. The molecule has 4 N–H and O–H groups in total. The summed E-state index contributed by atoms with van der Waals surface area (Å²) >= 11 is 0. The van der Waals surface area contributed by atoms with E-state index in [0.717, 1.165) is 22.3 Å². The molecule has 0 spiro atoms.